The Balaban J connectivity index is 2.11. The minimum atomic E-state index is -0.579. The van der Waals surface area contributed by atoms with Crippen LogP contribution >= 0.6 is 27.5 Å². The number of hydrogen-bond donors (Lipinski definition) is 1. The molecule has 0 aliphatic carbocycles. The molecule has 2 unspecified atom stereocenters. The molecule has 6 heteroatoms. The summed E-state index contributed by atoms with van der Waals surface area (Å²) in [7, 11) is 1.37. The molecule has 1 heterocycles. The van der Waals surface area contributed by atoms with Crippen LogP contribution in [0, 0.1) is 0 Å². The van der Waals surface area contributed by atoms with Gasteiger partial charge < -0.3 is 9.47 Å². The van der Waals surface area contributed by atoms with E-state index in [9.17, 15) is 4.79 Å². The fourth-order valence-corrected chi connectivity index (χ4v) is 3.01. The predicted octanol–water partition coefficient (Wildman–Crippen LogP) is 3.09. The molecule has 0 aromatic heterocycles. The Kier molecular flexibility index (Phi) is 5.84. The molecule has 0 spiro atoms. The maximum absolute atomic E-state index is 12.0. The zero-order chi connectivity index (χ0) is 14.5. The summed E-state index contributed by atoms with van der Waals surface area (Å²) < 4.78 is 11.3. The van der Waals surface area contributed by atoms with Crippen LogP contribution in [0.5, 0.6) is 0 Å². The van der Waals surface area contributed by atoms with E-state index in [0.29, 0.717) is 17.1 Å². The van der Waals surface area contributed by atoms with Crippen molar-refractivity contribution in [3.8, 4) is 0 Å². The summed E-state index contributed by atoms with van der Waals surface area (Å²) in [6, 6.07) is 4.85. The topological polar surface area (TPSA) is 47.6 Å². The standard InChI is InChI=1S/C14H17BrClNO3/c1-19-14(18)13(17-8-10-3-2-6-20-10)11-5-4-9(15)7-12(11)16/h4-5,7,10,13,17H,2-3,6,8H2,1H3. The quantitative estimate of drug-likeness (QED) is 0.818. The van der Waals surface area contributed by atoms with Crippen LogP contribution in [-0.2, 0) is 14.3 Å². The van der Waals surface area contributed by atoms with Crippen LogP contribution in [0.3, 0.4) is 0 Å². The number of carbonyl (C=O) groups excluding carboxylic acids is 1. The first-order valence-electron chi connectivity index (χ1n) is 6.49. The van der Waals surface area contributed by atoms with Crippen molar-refractivity contribution in [2.24, 2.45) is 0 Å². The highest BCUT2D eigenvalue weighted by atomic mass is 79.9. The van der Waals surface area contributed by atoms with Gasteiger partial charge in [-0.05, 0) is 30.5 Å². The number of halogens is 2. The molecular weight excluding hydrogens is 346 g/mol. The van der Waals surface area contributed by atoms with Crippen molar-refractivity contribution in [3.05, 3.63) is 33.3 Å². The number of rotatable bonds is 5. The Labute approximate surface area is 131 Å². The van der Waals surface area contributed by atoms with E-state index in [4.69, 9.17) is 21.1 Å². The number of carbonyl (C=O) groups is 1. The smallest absolute Gasteiger partial charge is 0.327 e. The summed E-state index contributed by atoms with van der Waals surface area (Å²) in [5.41, 5.74) is 0.708. The fraction of sp³-hybridized carbons (Fsp3) is 0.500. The third kappa shape index (κ3) is 3.95. The van der Waals surface area contributed by atoms with Crippen LogP contribution in [0.4, 0.5) is 0 Å². The summed E-state index contributed by atoms with van der Waals surface area (Å²) in [5.74, 6) is -0.354. The molecule has 0 bridgehead atoms. The maximum Gasteiger partial charge on any atom is 0.327 e. The average Bonchev–Trinajstić information content (AvgIpc) is 2.93. The molecule has 1 aliphatic heterocycles. The molecule has 1 aromatic carbocycles. The van der Waals surface area contributed by atoms with Crippen molar-refractivity contribution in [1.29, 1.82) is 0 Å². The van der Waals surface area contributed by atoms with Gasteiger partial charge in [-0.2, -0.15) is 0 Å². The summed E-state index contributed by atoms with van der Waals surface area (Å²) >= 11 is 9.56. The molecule has 1 saturated heterocycles. The van der Waals surface area contributed by atoms with Crippen LogP contribution in [0.1, 0.15) is 24.4 Å². The van der Waals surface area contributed by atoms with Gasteiger partial charge in [0.2, 0.25) is 0 Å². The first kappa shape index (κ1) is 15.8. The second-order valence-electron chi connectivity index (χ2n) is 4.67. The second-order valence-corrected chi connectivity index (χ2v) is 5.99. The van der Waals surface area contributed by atoms with Gasteiger partial charge in [-0.25, -0.2) is 4.79 Å². The monoisotopic (exact) mass is 361 g/mol. The van der Waals surface area contributed by atoms with Gasteiger partial charge >= 0.3 is 5.97 Å². The van der Waals surface area contributed by atoms with Crippen molar-refractivity contribution in [2.45, 2.75) is 25.0 Å². The van der Waals surface area contributed by atoms with Crippen molar-refractivity contribution in [3.63, 3.8) is 0 Å². The van der Waals surface area contributed by atoms with Gasteiger partial charge in [0.15, 0.2) is 0 Å². The van der Waals surface area contributed by atoms with E-state index < -0.39 is 6.04 Å². The first-order chi connectivity index (χ1) is 9.61. The Bertz CT molecular complexity index is 477. The number of ether oxygens (including phenoxy) is 2. The summed E-state index contributed by atoms with van der Waals surface area (Å²) in [6.45, 7) is 1.39. The van der Waals surface area contributed by atoms with E-state index in [1.165, 1.54) is 7.11 Å². The van der Waals surface area contributed by atoms with Crippen molar-refractivity contribution in [1.82, 2.24) is 5.32 Å². The first-order valence-corrected chi connectivity index (χ1v) is 7.66. The Morgan fingerprint density at radius 2 is 2.45 bits per heavy atom. The Hall–Kier alpha value is -0.620. The Morgan fingerprint density at radius 1 is 1.65 bits per heavy atom. The maximum atomic E-state index is 12.0. The highest BCUT2D eigenvalue weighted by Gasteiger charge is 2.25. The number of hydrogen-bond acceptors (Lipinski definition) is 4. The highest BCUT2D eigenvalue weighted by molar-refractivity contribution is 9.10. The molecule has 1 fully saturated rings. The lowest BCUT2D eigenvalue weighted by atomic mass is 10.1. The second kappa shape index (κ2) is 7.41. The zero-order valence-electron chi connectivity index (χ0n) is 11.2. The third-order valence-corrected chi connectivity index (χ3v) is 4.10. The van der Waals surface area contributed by atoms with Crippen LogP contribution in [-0.4, -0.2) is 32.3 Å². The lowest BCUT2D eigenvalue weighted by molar-refractivity contribution is -0.143. The minimum absolute atomic E-state index is 0.149. The SMILES string of the molecule is COC(=O)C(NCC1CCCO1)c1ccc(Br)cc1Cl. The normalized spacial score (nSPS) is 19.9. The number of nitrogens with one attached hydrogen (secondary N) is 1. The van der Waals surface area contributed by atoms with Crippen molar-refractivity contribution < 1.29 is 14.3 Å². The van der Waals surface area contributed by atoms with Crippen LogP contribution in [0.15, 0.2) is 22.7 Å². The molecule has 0 radical (unpaired) electrons. The van der Waals surface area contributed by atoms with Gasteiger partial charge in [-0.15, -0.1) is 0 Å². The van der Waals surface area contributed by atoms with Crippen molar-refractivity contribution in [2.75, 3.05) is 20.3 Å². The van der Waals surface area contributed by atoms with Crippen molar-refractivity contribution >= 4 is 33.5 Å². The van der Waals surface area contributed by atoms with Crippen LogP contribution in [0.2, 0.25) is 5.02 Å². The summed E-state index contributed by atoms with van der Waals surface area (Å²) in [6.07, 6.45) is 2.22. The Morgan fingerprint density at radius 3 is 3.05 bits per heavy atom. The molecule has 0 saturated carbocycles. The van der Waals surface area contributed by atoms with Gasteiger partial charge in [-0.3, -0.25) is 5.32 Å². The van der Waals surface area contributed by atoms with E-state index in [0.717, 1.165) is 23.9 Å². The zero-order valence-corrected chi connectivity index (χ0v) is 13.5. The molecule has 1 N–H and O–H groups in total. The van der Waals surface area contributed by atoms with Gasteiger partial charge in [0.25, 0.3) is 0 Å². The highest BCUT2D eigenvalue weighted by Crippen LogP contribution is 2.27. The van der Waals surface area contributed by atoms with E-state index in [-0.39, 0.29) is 12.1 Å². The predicted molar refractivity (Wildman–Crippen MR) is 80.9 cm³/mol. The molecule has 20 heavy (non-hydrogen) atoms. The molecule has 1 aliphatic rings. The van der Waals surface area contributed by atoms with E-state index in [2.05, 4.69) is 21.2 Å². The van der Waals surface area contributed by atoms with E-state index in [1.807, 2.05) is 12.1 Å². The minimum Gasteiger partial charge on any atom is -0.468 e. The largest absolute Gasteiger partial charge is 0.468 e. The number of esters is 1. The van der Waals surface area contributed by atoms with Gasteiger partial charge in [0.1, 0.15) is 6.04 Å². The van der Waals surface area contributed by atoms with Gasteiger partial charge in [0.05, 0.1) is 13.2 Å². The van der Waals surface area contributed by atoms with Gasteiger partial charge in [0, 0.05) is 22.6 Å². The lowest BCUT2D eigenvalue weighted by Gasteiger charge is -2.20. The summed E-state index contributed by atoms with van der Waals surface area (Å²) in [5, 5.41) is 3.71. The molecular formula is C14H17BrClNO3. The number of methoxy groups -OCH3 is 1. The average molecular weight is 363 g/mol. The van der Waals surface area contributed by atoms with Crippen LogP contribution < -0.4 is 5.32 Å². The van der Waals surface area contributed by atoms with Gasteiger partial charge in [-0.1, -0.05) is 33.6 Å². The lowest BCUT2D eigenvalue weighted by Crippen LogP contribution is -2.35. The fourth-order valence-electron chi connectivity index (χ4n) is 2.23. The summed E-state index contributed by atoms with van der Waals surface area (Å²) in [4.78, 5) is 12.0. The molecule has 4 nitrogen and oxygen atoms in total. The van der Waals surface area contributed by atoms with E-state index in [1.54, 1.807) is 6.07 Å². The molecule has 2 rings (SSSR count). The molecule has 1 aromatic rings. The molecule has 2 atom stereocenters. The molecule has 0 amide bonds. The third-order valence-electron chi connectivity index (χ3n) is 3.28. The number of benzene rings is 1. The van der Waals surface area contributed by atoms with E-state index >= 15 is 0 Å². The van der Waals surface area contributed by atoms with Crippen LogP contribution in [0.25, 0.3) is 0 Å². The molecule has 110 valence electrons.